The first-order valence-electron chi connectivity index (χ1n) is 8.71. The van der Waals surface area contributed by atoms with Crippen molar-refractivity contribution >= 4 is 28.4 Å². The predicted molar refractivity (Wildman–Crippen MR) is 109 cm³/mol. The minimum absolute atomic E-state index is 0.361. The molecule has 0 saturated heterocycles. The molecular weight excluding hydrogens is 352 g/mol. The molecule has 0 bridgehead atoms. The van der Waals surface area contributed by atoms with Crippen LogP contribution in [0.2, 0.25) is 0 Å². The summed E-state index contributed by atoms with van der Waals surface area (Å²) in [5, 5.41) is 4.22. The molecule has 7 heteroatoms. The Hall–Kier alpha value is -3.84. The molecule has 7 nitrogen and oxygen atoms in total. The molecule has 0 aliphatic carbocycles. The summed E-state index contributed by atoms with van der Waals surface area (Å²) in [6, 6.07) is 17.1. The van der Waals surface area contributed by atoms with Gasteiger partial charge in [-0.15, -0.1) is 0 Å². The van der Waals surface area contributed by atoms with Crippen LogP contribution in [0.5, 0.6) is 0 Å². The molecule has 0 unspecified atom stereocenters. The van der Waals surface area contributed by atoms with Gasteiger partial charge in [0.1, 0.15) is 0 Å². The van der Waals surface area contributed by atoms with E-state index in [1.807, 2.05) is 49.4 Å². The van der Waals surface area contributed by atoms with Crippen molar-refractivity contribution in [1.82, 2.24) is 20.4 Å². The number of carbonyl (C=O) groups excluding carboxylic acids is 1. The summed E-state index contributed by atoms with van der Waals surface area (Å²) in [7, 11) is 0. The first-order valence-corrected chi connectivity index (χ1v) is 8.71. The summed E-state index contributed by atoms with van der Waals surface area (Å²) in [4.78, 5) is 25.1. The first-order chi connectivity index (χ1) is 13.6. The third-order valence-corrected chi connectivity index (χ3v) is 4.42. The van der Waals surface area contributed by atoms with Gasteiger partial charge in [-0.1, -0.05) is 24.3 Å². The minimum atomic E-state index is -0.361. The molecule has 4 aromatic rings. The number of hydrogen-bond donors (Lipinski definition) is 3. The number of hydrazine groups is 1. The molecule has 0 aliphatic rings. The van der Waals surface area contributed by atoms with Crippen LogP contribution in [0, 0.1) is 6.92 Å². The lowest BCUT2D eigenvalue weighted by Crippen LogP contribution is -2.30. The van der Waals surface area contributed by atoms with Crippen LogP contribution >= 0.6 is 0 Å². The van der Waals surface area contributed by atoms with Crippen LogP contribution in [0.4, 0.5) is 11.6 Å². The average molecular weight is 370 g/mol. The molecule has 0 spiro atoms. The number of nitrogens with one attached hydrogen (secondary N) is 2. The molecule has 2 aromatic carbocycles. The number of fused-ring (bicyclic) bond motifs is 1. The SMILES string of the molecule is Cc1ccc(C(=O)NN)cc1Nc1nccc(-c2cnc3ccccc3c2)n1. The highest BCUT2D eigenvalue weighted by Crippen LogP contribution is 2.24. The van der Waals surface area contributed by atoms with Crippen LogP contribution in [0.15, 0.2) is 67.0 Å². The zero-order valence-corrected chi connectivity index (χ0v) is 15.2. The maximum absolute atomic E-state index is 11.8. The largest absolute Gasteiger partial charge is 0.324 e. The van der Waals surface area contributed by atoms with Crippen LogP contribution in [0.1, 0.15) is 15.9 Å². The Labute approximate surface area is 161 Å². The van der Waals surface area contributed by atoms with Gasteiger partial charge in [-0.3, -0.25) is 15.2 Å². The highest BCUT2D eigenvalue weighted by molar-refractivity contribution is 5.95. The van der Waals surface area contributed by atoms with E-state index < -0.39 is 0 Å². The number of anilines is 2. The maximum Gasteiger partial charge on any atom is 0.265 e. The fourth-order valence-corrected chi connectivity index (χ4v) is 2.89. The lowest BCUT2D eigenvalue weighted by Gasteiger charge is -2.11. The number of carbonyl (C=O) groups is 1. The summed E-state index contributed by atoms with van der Waals surface area (Å²) < 4.78 is 0. The molecule has 28 heavy (non-hydrogen) atoms. The number of nitrogens with two attached hydrogens (primary N) is 1. The Morgan fingerprint density at radius 1 is 1.04 bits per heavy atom. The lowest BCUT2D eigenvalue weighted by atomic mass is 10.1. The Morgan fingerprint density at radius 2 is 1.89 bits per heavy atom. The zero-order chi connectivity index (χ0) is 19.5. The second-order valence-electron chi connectivity index (χ2n) is 6.31. The smallest absolute Gasteiger partial charge is 0.265 e. The molecule has 2 aromatic heterocycles. The van der Waals surface area contributed by atoms with Crippen LogP contribution in [-0.4, -0.2) is 20.9 Å². The van der Waals surface area contributed by atoms with Crippen molar-refractivity contribution in [3.05, 3.63) is 78.1 Å². The summed E-state index contributed by atoms with van der Waals surface area (Å²) in [6.45, 7) is 1.93. The van der Waals surface area contributed by atoms with Gasteiger partial charge in [-0.2, -0.15) is 0 Å². The topological polar surface area (TPSA) is 106 Å². The van der Waals surface area contributed by atoms with Gasteiger partial charge in [-0.25, -0.2) is 15.8 Å². The van der Waals surface area contributed by atoms with Gasteiger partial charge in [-0.05, 0) is 42.8 Å². The third kappa shape index (κ3) is 3.51. The number of para-hydroxylation sites is 1. The number of nitrogens with zero attached hydrogens (tertiary/aromatic N) is 3. The highest BCUT2D eigenvalue weighted by atomic mass is 16.2. The number of nitrogen functional groups attached to an aromatic ring is 1. The fraction of sp³-hybridized carbons (Fsp3) is 0.0476. The molecule has 0 aliphatic heterocycles. The summed E-state index contributed by atoms with van der Waals surface area (Å²) in [6.07, 6.45) is 3.48. The Kier molecular flexibility index (Phi) is 4.65. The van der Waals surface area contributed by atoms with E-state index in [9.17, 15) is 4.79 Å². The van der Waals surface area contributed by atoms with Crippen molar-refractivity contribution in [1.29, 1.82) is 0 Å². The maximum atomic E-state index is 11.8. The van der Waals surface area contributed by atoms with Crippen molar-refractivity contribution in [3.8, 4) is 11.3 Å². The molecule has 0 radical (unpaired) electrons. The monoisotopic (exact) mass is 370 g/mol. The Morgan fingerprint density at radius 3 is 2.75 bits per heavy atom. The van der Waals surface area contributed by atoms with E-state index in [1.165, 1.54) is 0 Å². The van der Waals surface area contributed by atoms with Gasteiger partial charge in [0.25, 0.3) is 5.91 Å². The van der Waals surface area contributed by atoms with Crippen molar-refractivity contribution in [3.63, 3.8) is 0 Å². The van der Waals surface area contributed by atoms with Crippen molar-refractivity contribution in [2.75, 3.05) is 5.32 Å². The van der Waals surface area contributed by atoms with E-state index in [2.05, 4.69) is 25.7 Å². The van der Waals surface area contributed by atoms with Gasteiger partial charge in [0.05, 0.1) is 11.2 Å². The minimum Gasteiger partial charge on any atom is -0.324 e. The molecule has 4 N–H and O–H groups in total. The molecule has 138 valence electrons. The molecule has 0 saturated carbocycles. The molecule has 0 fully saturated rings. The van der Waals surface area contributed by atoms with E-state index in [1.54, 1.807) is 24.5 Å². The second kappa shape index (κ2) is 7.42. The lowest BCUT2D eigenvalue weighted by molar-refractivity contribution is 0.0953. The number of aromatic nitrogens is 3. The average Bonchev–Trinajstić information content (AvgIpc) is 2.74. The second-order valence-corrected chi connectivity index (χ2v) is 6.31. The number of pyridine rings is 1. The predicted octanol–water partition coefficient (Wildman–Crippen LogP) is 3.35. The van der Waals surface area contributed by atoms with Crippen molar-refractivity contribution in [2.24, 2.45) is 5.84 Å². The molecule has 1 amide bonds. The quantitative estimate of drug-likeness (QED) is 0.289. The number of benzene rings is 2. The van der Waals surface area contributed by atoms with E-state index in [4.69, 9.17) is 5.84 Å². The zero-order valence-electron chi connectivity index (χ0n) is 15.2. The van der Waals surface area contributed by atoms with Gasteiger partial charge < -0.3 is 5.32 Å². The van der Waals surface area contributed by atoms with Crippen molar-refractivity contribution < 1.29 is 4.79 Å². The van der Waals surface area contributed by atoms with E-state index in [0.717, 1.165) is 33.4 Å². The van der Waals surface area contributed by atoms with E-state index in [-0.39, 0.29) is 5.91 Å². The molecule has 4 rings (SSSR count). The van der Waals surface area contributed by atoms with E-state index in [0.29, 0.717) is 11.5 Å². The van der Waals surface area contributed by atoms with Crippen LogP contribution < -0.4 is 16.6 Å². The Balaban J connectivity index is 1.66. The van der Waals surface area contributed by atoms with Crippen LogP contribution in [-0.2, 0) is 0 Å². The standard InChI is InChI=1S/C21H18N6O/c1-13-6-7-15(20(28)27-22)11-19(13)26-21-23-9-8-18(25-21)16-10-14-4-2-3-5-17(14)24-12-16/h2-12H,22H2,1H3,(H,27,28)(H,23,25,26). The number of amides is 1. The number of rotatable bonds is 4. The fourth-order valence-electron chi connectivity index (χ4n) is 2.89. The summed E-state index contributed by atoms with van der Waals surface area (Å²) in [5.74, 6) is 5.29. The van der Waals surface area contributed by atoms with Crippen LogP contribution in [0.25, 0.3) is 22.2 Å². The highest BCUT2D eigenvalue weighted by Gasteiger charge is 2.09. The molecule has 0 atom stereocenters. The molecular formula is C21H18N6O. The normalized spacial score (nSPS) is 10.6. The van der Waals surface area contributed by atoms with Gasteiger partial charge in [0, 0.05) is 34.6 Å². The first kappa shape index (κ1) is 17.6. The number of hydrogen-bond acceptors (Lipinski definition) is 6. The third-order valence-electron chi connectivity index (χ3n) is 4.42. The van der Waals surface area contributed by atoms with Gasteiger partial charge in [0.15, 0.2) is 0 Å². The molecule has 2 heterocycles. The van der Waals surface area contributed by atoms with Gasteiger partial charge >= 0.3 is 0 Å². The Bertz CT molecular complexity index is 1170. The van der Waals surface area contributed by atoms with Gasteiger partial charge in [0.2, 0.25) is 5.95 Å². The van der Waals surface area contributed by atoms with Crippen LogP contribution in [0.3, 0.4) is 0 Å². The number of aryl methyl sites for hydroxylation is 1. The summed E-state index contributed by atoms with van der Waals surface area (Å²) >= 11 is 0. The summed E-state index contributed by atoms with van der Waals surface area (Å²) in [5.41, 5.74) is 6.86. The van der Waals surface area contributed by atoms with E-state index >= 15 is 0 Å². The van der Waals surface area contributed by atoms with Crippen molar-refractivity contribution in [2.45, 2.75) is 6.92 Å².